The minimum absolute atomic E-state index is 0.262. The fourth-order valence-corrected chi connectivity index (χ4v) is 3.46. The highest BCUT2D eigenvalue weighted by molar-refractivity contribution is 5.32. The summed E-state index contributed by atoms with van der Waals surface area (Å²) < 4.78 is 17.4. The van der Waals surface area contributed by atoms with Gasteiger partial charge in [0, 0.05) is 13.2 Å². The van der Waals surface area contributed by atoms with Crippen LogP contribution in [0.15, 0.2) is 59.0 Å². The average molecular weight is 350 g/mol. The van der Waals surface area contributed by atoms with Gasteiger partial charge in [-0.15, -0.1) is 10.2 Å². The second-order valence-electron chi connectivity index (χ2n) is 6.67. The molecule has 0 aliphatic carbocycles. The molecule has 1 aliphatic rings. The summed E-state index contributed by atoms with van der Waals surface area (Å²) in [5, 5.41) is 8.58. The summed E-state index contributed by atoms with van der Waals surface area (Å²) in [6.07, 6.45) is 1.66. The molecular formula is C21H22N2O3. The van der Waals surface area contributed by atoms with Gasteiger partial charge < -0.3 is 13.9 Å². The van der Waals surface area contributed by atoms with E-state index in [-0.39, 0.29) is 12.0 Å². The van der Waals surface area contributed by atoms with Crippen LogP contribution in [-0.4, -0.2) is 23.4 Å². The van der Waals surface area contributed by atoms with Crippen molar-refractivity contribution in [3.8, 4) is 5.75 Å². The van der Waals surface area contributed by atoms with Crippen LogP contribution in [0.5, 0.6) is 5.75 Å². The molecule has 2 aromatic carbocycles. The Morgan fingerprint density at radius 2 is 1.81 bits per heavy atom. The lowest BCUT2D eigenvalue weighted by Gasteiger charge is -2.34. The molecule has 3 aromatic rings. The maximum atomic E-state index is 6.03. The summed E-state index contributed by atoms with van der Waals surface area (Å²) in [6.45, 7) is 3.67. The van der Waals surface area contributed by atoms with Crippen LogP contribution >= 0.6 is 0 Å². The molecule has 2 heterocycles. The molecule has 4 rings (SSSR count). The minimum Gasteiger partial charge on any atom is -0.484 e. The number of hydrogen-bond donors (Lipinski definition) is 0. The highest BCUT2D eigenvalue weighted by atomic mass is 16.5. The summed E-state index contributed by atoms with van der Waals surface area (Å²) in [5.41, 5.74) is 2.06. The van der Waals surface area contributed by atoms with E-state index in [1.807, 2.05) is 49.4 Å². The van der Waals surface area contributed by atoms with Crippen molar-refractivity contribution in [2.45, 2.75) is 31.8 Å². The van der Waals surface area contributed by atoms with E-state index in [1.54, 1.807) is 0 Å². The summed E-state index contributed by atoms with van der Waals surface area (Å²) in [4.78, 5) is 0. The number of nitrogens with zero attached hydrogens (tertiary/aromatic N) is 2. The number of benzene rings is 2. The van der Waals surface area contributed by atoms with Crippen LogP contribution < -0.4 is 4.74 Å². The van der Waals surface area contributed by atoms with Crippen LogP contribution in [0.1, 0.15) is 35.7 Å². The largest absolute Gasteiger partial charge is 0.484 e. The van der Waals surface area contributed by atoms with Gasteiger partial charge in [-0.3, -0.25) is 0 Å². The van der Waals surface area contributed by atoms with Crippen LogP contribution in [0.25, 0.3) is 0 Å². The van der Waals surface area contributed by atoms with Crippen LogP contribution in [0.2, 0.25) is 0 Å². The molecule has 1 fully saturated rings. The summed E-state index contributed by atoms with van der Waals surface area (Å²) in [6, 6.07) is 18.3. The minimum atomic E-state index is -0.284. The zero-order chi connectivity index (χ0) is 17.8. The van der Waals surface area contributed by atoms with Crippen LogP contribution in [0.3, 0.4) is 0 Å². The van der Waals surface area contributed by atoms with Crippen molar-refractivity contribution in [1.82, 2.24) is 10.2 Å². The van der Waals surface area contributed by atoms with Gasteiger partial charge in [0.15, 0.2) is 6.61 Å². The molecule has 5 heteroatoms. The zero-order valence-electron chi connectivity index (χ0n) is 14.9. The summed E-state index contributed by atoms with van der Waals surface area (Å²) in [5.74, 6) is 1.94. The quantitative estimate of drug-likeness (QED) is 0.695. The first kappa shape index (κ1) is 16.8. The van der Waals surface area contributed by atoms with Gasteiger partial charge in [0.2, 0.25) is 5.89 Å². The van der Waals surface area contributed by atoms with E-state index in [1.165, 1.54) is 5.56 Å². The normalized spacial score (nSPS) is 16.3. The predicted molar refractivity (Wildman–Crippen MR) is 97.1 cm³/mol. The lowest BCUT2D eigenvalue weighted by atomic mass is 9.74. The third kappa shape index (κ3) is 3.35. The molecule has 0 radical (unpaired) electrons. The number of aromatic nitrogens is 2. The lowest BCUT2D eigenvalue weighted by molar-refractivity contribution is 0.0536. The zero-order valence-corrected chi connectivity index (χ0v) is 14.9. The highest BCUT2D eigenvalue weighted by Gasteiger charge is 2.41. The monoisotopic (exact) mass is 350 g/mol. The van der Waals surface area contributed by atoms with Crippen LogP contribution in [0, 0.1) is 6.92 Å². The standard InChI is InChI=1S/C21H22N2O3/c1-16-6-5-9-18(14-16)25-15-19-22-23-20(26-19)21(10-12-24-13-11-21)17-7-3-2-4-8-17/h2-9,14H,10-13,15H2,1H3. The van der Waals surface area contributed by atoms with Crippen LogP contribution in [0.4, 0.5) is 0 Å². The molecule has 26 heavy (non-hydrogen) atoms. The molecule has 0 N–H and O–H groups in total. The predicted octanol–water partition coefficient (Wildman–Crippen LogP) is 4.05. The molecule has 0 amide bonds. The summed E-state index contributed by atoms with van der Waals surface area (Å²) in [7, 11) is 0. The Kier molecular flexibility index (Phi) is 4.71. The van der Waals surface area contributed by atoms with E-state index in [0.29, 0.717) is 25.0 Å². The Bertz CT molecular complexity index is 854. The van der Waals surface area contributed by atoms with Gasteiger partial charge in [-0.1, -0.05) is 42.5 Å². The number of ether oxygens (including phenoxy) is 2. The van der Waals surface area contributed by atoms with Gasteiger partial charge in [-0.05, 0) is 43.0 Å². The van der Waals surface area contributed by atoms with Crippen molar-refractivity contribution >= 4 is 0 Å². The Hall–Kier alpha value is -2.66. The van der Waals surface area contributed by atoms with Crippen molar-refractivity contribution < 1.29 is 13.9 Å². The van der Waals surface area contributed by atoms with Gasteiger partial charge in [-0.2, -0.15) is 0 Å². The smallest absolute Gasteiger partial charge is 0.253 e. The molecule has 1 saturated heterocycles. The second kappa shape index (κ2) is 7.30. The molecule has 5 nitrogen and oxygen atoms in total. The molecule has 0 unspecified atom stereocenters. The maximum Gasteiger partial charge on any atom is 0.253 e. The molecule has 0 atom stereocenters. The molecule has 1 aliphatic heterocycles. The number of hydrogen-bond acceptors (Lipinski definition) is 5. The molecule has 1 aromatic heterocycles. The van der Waals surface area contributed by atoms with Crippen molar-refractivity contribution in [2.24, 2.45) is 0 Å². The fraction of sp³-hybridized carbons (Fsp3) is 0.333. The highest BCUT2D eigenvalue weighted by Crippen LogP contribution is 2.40. The first-order chi connectivity index (χ1) is 12.8. The Balaban J connectivity index is 1.56. The topological polar surface area (TPSA) is 57.4 Å². The summed E-state index contributed by atoms with van der Waals surface area (Å²) >= 11 is 0. The molecule has 0 spiro atoms. The third-order valence-corrected chi connectivity index (χ3v) is 4.90. The maximum absolute atomic E-state index is 6.03. The Morgan fingerprint density at radius 3 is 2.58 bits per heavy atom. The van der Waals surface area contributed by atoms with Gasteiger partial charge in [-0.25, -0.2) is 0 Å². The number of aryl methyl sites for hydroxylation is 1. The van der Waals surface area contributed by atoms with Crippen molar-refractivity contribution in [3.63, 3.8) is 0 Å². The van der Waals surface area contributed by atoms with Gasteiger partial charge >= 0.3 is 0 Å². The third-order valence-electron chi connectivity index (χ3n) is 4.90. The molecule has 134 valence electrons. The van der Waals surface area contributed by atoms with E-state index < -0.39 is 0 Å². The first-order valence-corrected chi connectivity index (χ1v) is 8.92. The van der Waals surface area contributed by atoms with Crippen molar-refractivity contribution in [3.05, 3.63) is 77.5 Å². The Morgan fingerprint density at radius 1 is 1.00 bits per heavy atom. The van der Waals surface area contributed by atoms with E-state index in [2.05, 4.69) is 22.3 Å². The molecular weight excluding hydrogens is 328 g/mol. The Labute approximate surface area is 153 Å². The average Bonchev–Trinajstić information content (AvgIpc) is 3.17. The van der Waals surface area contributed by atoms with E-state index in [9.17, 15) is 0 Å². The SMILES string of the molecule is Cc1cccc(OCc2nnc(C3(c4ccccc4)CCOCC3)o2)c1. The van der Waals surface area contributed by atoms with Gasteiger partial charge in [0.05, 0.1) is 5.41 Å². The fourth-order valence-electron chi connectivity index (χ4n) is 3.46. The van der Waals surface area contributed by atoms with Crippen molar-refractivity contribution in [1.29, 1.82) is 0 Å². The molecule has 0 bridgehead atoms. The van der Waals surface area contributed by atoms with E-state index >= 15 is 0 Å². The lowest BCUT2D eigenvalue weighted by Crippen LogP contribution is -2.35. The van der Waals surface area contributed by atoms with Crippen molar-refractivity contribution in [2.75, 3.05) is 13.2 Å². The van der Waals surface area contributed by atoms with Crippen LogP contribution in [-0.2, 0) is 16.8 Å². The van der Waals surface area contributed by atoms with E-state index in [4.69, 9.17) is 13.9 Å². The van der Waals surface area contributed by atoms with Gasteiger partial charge in [0.1, 0.15) is 5.75 Å². The second-order valence-corrected chi connectivity index (χ2v) is 6.67. The van der Waals surface area contributed by atoms with E-state index in [0.717, 1.165) is 24.2 Å². The first-order valence-electron chi connectivity index (χ1n) is 8.92. The number of rotatable bonds is 5. The molecule has 0 saturated carbocycles. The van der Waals surface area contributed by atoms with Gasteiger partial charge in [0.25, 0.3) is 5.89 Å².